The smallest absolute Gasteiger partial charge is 0.154 e. The van der Waals surface area contributed by atoms with E-state index in [1.165, 1.54) is 0 Å². The zero-order valence-electron chi connectivity index (χ0n) is 9.80. The highest BCUT2D eigenvalue weighted by molar-refractivity contribution is 7.92. The van der Waals surface area contributed by atoms with Gasteiger partial charge in [-0.2, -0.15) is 0 Å². The highest BCUT2D eigenvalue weighted by Crippen LogP contribution is 2.20. The van der Waals surface area contributed by atoms with Crippen LogP contribution < -0.4 is 11.1 Å². The van der Waals surface area contributed by atoms with Crippen molar-refractivity contribution in [3.05, 3.63) is 24.0 Å². The van der Waals surface area contributed by atoms with Crippen LogP contribution >= 0.6 is 12.2 Å². The monoisotopic (exact) mass is 285 g/mol. The van der Waals surface area contributed by atoms with E-state index in [4.69, 9.17) is 18.0 Å². The van der Waals surface area contributed by atoms with Gasteiger partial charge in [-0.3, -0.25) is 4.98 Å². The van der Waals surface area contributed by atoms with Gasteiger partial charge < -0.3 is 11.1 Å². The van der Waals surface area contributed by atoms with E-state index in [1.807, 2.05) is 0 Å². The first-order valence-corrected chi connectivity index (χ1v) is 7.83. The Morgan fingerprint density at radius 3 is 2.83 bits per heavy atom. The van der Waals surface area contributed by atoms with Gasteiger partial charge in [0.2, 0.25) is 0 Å². The van der Waals surface area contributed by atoms with Gasteiger partial charge >= 0.3 is 0 Å². The lowest BCUT2D eigenvalue weighted by molar-refractivity contribution is 0.591. The number of sulfone groups is 1. The molecule has 0 aliphatic carbocycles. The quantitative estimate of drug-likeness (QED) is 0.792. The van der Waals surface area contributed by atoms with Crippen molar-refractivity contribution < 1.29 is 8.42 Å². The van der Waals surface area contributed by atoms with E-state index in [9.17, 15) is 8.42 Å². The average Bonchev–Trinajstić information content (AvgIpc) is 2.66. The fourth-order valence-electron chi connectivity index (χ4n) is 1.96. The van der Waals surface area contributed by atoms with E-state index in [2.05, 4.69) is 10.3 Å². The van der Waals surface area contributed by atoms with E-state index in [1.54, 1.807) is 18.3 Å². The molecule has 2 heterocycles. The Balaban J connectivity index is 1.96. The summed E-state index contributed by atoms with van der Waals surface area (Å²) in [5.41, 5.74) is 6.78. The number of nitrogens with zero attached hydrogens (tertiary/aromatic N) is 1. The molecule has 18 heavy (non-hydrogen) atoms. The Morgan fingerprint density at radius 2 is 2.33 bits per heavy atom. The normalized spacial score (nSPS) is 21.7. The van der Waals surface area contributed by atoms with Crippen LogP contribution in [0.3, 0.4) is 0 Å². The highest BCUT2D eigenvalue weighted by atomic mass is 32.2. The topological polar surface area (TPSA) is 85.1 Å². The molecule has 5 nitrogen and oxygen atoms in total. The predicted octanol–water partition coefficient (Wildman–Crippen LogP) is 0.705. The molecule has 0 amide bonds. The maximum atomic E-state index is 11.6. The molecule has 1 aliphatic heterocycles. The third-order valence-electron chi connectivity index (χ3n) is 3.01. The van der Waals surface area contributed by atoms with Crippen LogP contribution in [0, 0.1) is 0 Å². The molecule has 1 fully saturated rings. The molecule has 1 atom stereocenters. The molecule has 1 aromatic rings. The lowest BCUT2D eigenvalue weighted by atomic mass is 10.2. The number of nitrogens with one attached hydrogen (secondary N) is 1. The van der Waals surface area contributed by atoms with Gasteiger partial charge in [0, 0.05) is 6.54 Å². The third-order valence-corrected chi connectivity index (χ3v) is 5.50. The Bertz CT molecular complexity index is 540. The maximum absolute atomic E-state index is 11.6. The van der Waals surface area contributed by atoms with Crippen LogP contribution in [0.2, 0.25) is 0 Å². The first kappa shape index (κ1) is 13.2. The minimum Gasteiger partial charge on any atom is -0.388 e. The molecule has 0 spiro atoms. The molecule has 0 bridgehead atoms. The lowest BCUT2D eigenvalue weighted by Gasteiger charge is -2.11. The molecule has 1 saturated heterocycles. The highest BCUT2D eigenvalue weighted by Gasteiger charge is 2.30. The molecule has 1 aliphatic rings. The van der Waals surface area contributed by atoms with Crippen LogP contribution in [0.4, 0.5) is 5.69 Å². The zero-order valence-corrected chi connectivity index (χ0v) is 11.4. The van der Waals surface area contributed by atoms with E-state index in [-0.39, 0.29) is 10.2 Å². The van der Waals surface area contributed by atoms with Gasteiger partial charge in [-0.25, -0.2) is 8.42 Å². The number of anilines is 1. The zero-order chi connectivity index (χ0) is 13.2. The molecular formula is C11H15N3O2S2. The minimum atomic E-state index is -2.90. The minimum absolute atomic E-state index is 0.250. The number of hydrogen-bond donors (Lipinski definition) is 2. The first-order chi connectivity index (χ1) is 8.49. The van der Waals surface area contributed by atoms with Crippen LogP contribution in [0.5, 0.6) is 0 Å². The molecular weight excluding hydrogens is 270 g/mol. The van der Waals surface area contributed by atoms with Crippen LogP contribution in [-0.4, -0.2) is 35.9 Å². The van der Waals surface area contributed by atoms with Crippen molar-refractivity contribution in [3.63, 3.8) is 0 Å². The van der Waals surface area contributed by atoms with Crippen molar-refractivity contribution in [3.8, 4) is 0 Å². The Hall–Kier alpha value is -1.21. The number of aromatic nitrogens is 1. The van der Waals surface area contributed by atoms with E-state index in [0.29, 0.717) is 18.0 Å². The number of hydrogen-bond acceptors (Lipinski definition) is 5. The van der Waals surface area contributed by atoms with E-state index < -0.39 is 9.84 Å². The third kappa shape index (κ3) is 2.97. The molecule has 0 radical (unpaired) electrons. The summed E-state index contributed by atoms with van der Waals surface area (Å²) < 4.78 is 23.3. The van der Waals surface area contributed by atoms with Crippen molar-refractivity contribution in [2.45, 2.75) is 18.1 Å². The van der Waals surface area contributed by atoms with Crippen molar-refractivity contribution >= 4 is 32.7 Å². The molecule has 3 N–H and O–H groups in total. The molecule has 98 valence electrons. The summed E-state index contributed by atoms with van der Waals surface area (Å²) in [6.07, 6.45) is 3.09. The van der Waals surface area contributed by atoms with Crippen molar-refractivity contribution in [2.75, 3.05) is 17.6 Å². The molecule has 2 rings (SSSR count). The van der Waals surface area contributed by atoms with Crippen LogP contribution in [0.1, 0.15) is 18.5 Å². The Labute approximate surface area is 112 Å². The lowest BCUT2D eigenvalue weighted by Crippen LogP contribution is -2.25. The predicted molar refractivity (Wildman–Crippen MR) is 75.4 cm³/mol. The summed E-state index contributed by atoms with van der Waals surface area (Å²) in [5.74, 6) is 0.304. The second kappa shape index (κ2) is 5.19. The molecule has 1 unspecified atom stereocenters. The number of nitrogens with two attached hydrogens (primary N) is 1. The number of rotatable bonds is 4. The van der Waals surface area contributed by atoms with Gasteiger partial charge in [-0.05, 0) is 25.0 Å². The van der Waals surface area contributed by atoms with Gasteiger partial charge in [0.15, 0.2) is 9.84 Å². The summed E-state index contributed by atoms with van der Waals surface area (Å²) in [7, 11) is -2.90. The average molecular weight is 285 g/mol. The number of thiocarbonyl (C=S) groups is 1. The second-order valence-corrected chi connectivity index (χ2v) is 7.15. The fraction of sp³-hybridized carbons (Fsp3) is 0.455. The van der Waals surface area contributed by atoms with Gasteiger partial charge in [-0.15, -0.1) is 0 Å². The molecule has 0 saturated carbocycles. The fourth-order valence-corrected chi connectivity index (χ4v) is 3.85. The molecule has 7 heteroatoms. The standard InChI is InChI=1S/C11H15N3O2S2/c12-11(17)10-4-3-8(6-14-10)13-7-9-2-1-5-18(9,15)16/h3-4,6,9,13H,1-2,5,7H2,(H2,12,17). The first-order valence-electron chi connectivity index (χ1n) is 5.70. The Kier molecular flexibility index (Phi) is 3.82. The molecule has 0 aromatic carbocycles. The maximum Gasteiger partial charge on any atom is 0.154 e. The van der Waals surface area contributed by atoms with Gasteiger partial charge in [0.1, 0.15) is 4.99 Å². The van der Waals surface area contributed by atoms with Crippen LogP contribution in [0.25, 0.3) is 0 Å². The van der Waals surface area contributed by atoms with Crippen LogP contribution in [0.15, 0.2) is 18.3 Å². The summed E-state index contributed by atoms with van der Waals surface area (Å²) in [6.45, 7) is 0.427. The largest absolute Gasteiger partial charge is 0.388 e. The molecule has 1 aromatic heterocycles. The van der Waals surface area contributed by atoms with E-state index >= 15 is 0 Å². The summed E-state index contributed by atoms with van der Waals surface area (Å²) in [5, 5.41) is 2.80. The van der Waals surface area contributed by atoms with Gasteiger partial charge in [0.25, 0.3) is 0 Å². The second-order valence-electron chi connectivity index (χ2n) is 4.31. The SMILES string of the molecule is NC(=S)c1ccc(NCC2CCCS2(=O)=O)cn1. The van der Waals surface area contributed by atoms with E-state index in [0.717, 1.165) is 18.5 Å². The van der Waals surface area contributed by atoms with Crippen molar-refractivity contribution in [1.29, 1.82) is 0 Å². The van der Waals surface area contributed by atoms with Gasteiger partial charge in [0.05, 0.1) is 28.6 Å². The van der Waals surface area contributed by atoms with Crippen molar-refractivity contribution in [2.24, 2.45) is 5.73 Å². The number of pyridine rings is 1. The van der Waals surface area contributed by atoms with Gasteiger partial charge in [-0.1, -0.05) is 12.2 Å². The summed E-state index contributed by atoms with van der Waals surface area (Å²) >= 11 is 4.80. The summed E-state index contributed by atoms with van der Waals surface area (Å²) in [6, 6.07) is 3.51. The van der Waals surface area contributed by atoms with Crippen LogP contribution in [-0.2, 0) is 9.84 Å². The van der Waals surface area contributed by atoms with Crippen molar-refractivity contribution in [1.82, 2.24) is 4.98 Å². The Morgan fingerprint density at radius 1 is 1.56 bits per heavy atom. The summed E-state index contributed by atoms with van der Waals surface area (Å²) in [4.78, 5) is 4.33.